The molecule has 4 N–H and O–H groups in total. The molecule has 1 aliphatic rings. The van der Waals surface area contributed by atoms with Crippen LogP contribution in [0.3, 0.4) is 0 Å². The van der Waals surface area contributed by atoms with E-state index in [0.29, 0.717) is 19.3 Å². The number of rotatable bonds is 44. The standard InChI is InChI=1S/C57H94O12S/c1-3-5-7-9-11-13-15-17-19-21-23-24-25-26-28-30-32-34-36-38-40-42-44-46-53(59)68-50(48-67-57-56(62)55(61)54(60)51(69-57)49-70(63,64)65)47-66-52(58)45-43-41-39-37-35-33-31-29-27-22-20-18-16-14-12-10-8-6-4-2/h6,8,12,14,18,20,27,29-30,32-33,35,38-41,50-51,54-57,60-62H,3-5,7,9-11,13,15-17,19,21-26,28,31,34,36-37,42-49H2,1-2H3,(H,63,64,65)/b8-6+,14-12+,20-18+,29-27+,32-30+,35-33+,40-38+,41-39+/t50-,51-,54-,55?,56?,57+/m1/s1. The van der Waals surface area contributed by atoms with Crippen molar-refractivity contribution in [3.05, 3.63) is 97.2 Å². The third-order valence-electron chi connectivity index (χ3n) is 11.6. The lowest BCUT2D eigenvalue weighted by molar-refractivity contribution is -0.297. The fourth-order valence-electron chi connectivity index (χ4n) is 7.55. The average molecular weight is 1000 g/mol. The van der Waals surface area contributed by atoms with E-state index >= 15 is 0 Å². The molecule has 1 aliphatic heterocycles. The van der Waals surface area contributed by atoms with Gasteiger partial charge in [-0.05, 0) is 83.5 Å². The first-order chi connectivity index (χ1) is 34.0. The largest absolute Gasteiger partial charge is 0.462 e. The molecule has 0 radical (unpaired) electrons. The van der Waals surface area contributed by atoms with Crippen molar-refractivity contribution in [1.82, 2.24) is 0 Å². The van der Waals surface area contributed by atoms with E-state index in [1.807, 2.05) is 18.2 Å². The number of carbonyl (C=O) groups excluding carboxylic acids is 2. The zero-order chi connectivity index (χ0) is 51.2. The topological polar surface area (TPSA) is 186 Å². The highest BCUT2D eigenvalue weighted by molar-refractivity contribution is 7.85. The molecule has 0 amide bonds. The smallest absolute Gasteiger partial charge is 0.306 e. The molecule has 1 heterocycles. The normalized spacial score (nSPS) is 19.8. The molecular weight excluding hydrogens is 909 g/mol. The van der Waals surface area contributed by atoms with Crippen LogP contribution in [0.2, 0.25) is 0 Å². The van der Waals surface area contributed by atoms with Crippen molar-refractivity contribution >= 4 is 22.1 Å². The first-order valence-electron chi connectivity index (χ1n) is 26.8. The van der Waals surface area contributed by atoms with Crippen LogP contribution in [0.25, 0.3) is 0 Å². The molecule has 0 spiro atoms. The van der Waals surface area contributed by atoms with Crippen LogP contribution >= 0.6 is 0 Å². The average Bonchev–Trinajstić information content (AvgIpc) is 3.33. The molecule has 1 saturated heterocycles. The molecule has 0 aliphatic carbocycles. The molecule has 0 aromatic carbocycles. The maximum Gasteiger partial charge on any atom is 0.306 e. The van der Waals surface area contributed by atoms with Gasteiger partial charge in [-0.15, -0.1) is 0 Å². The van der Waals surface area contributed by atoms with E-state index in [9.17, 15) is 37.9 Å². The Morgan fingerprint density at radius 1 is 0.500 bits per heavy atom. The van der Waals surface area contributed by atoms with Gasteiger partial charge in [0.15, 0.2) is 12.4 Å². The summed E-state index contributed by atoms with van der Waals surface area (Å²) in [6, 6.07) is 0. The lowest BCUT2D eigenvalue weighted by atomic mass is 10.00. The molecule has 0 aromatic rings. The molecule has 13 heteroatoms. The molecule has 1 fully saturated rings. The van der Waals surface area contributed by atoms with Gasteiger partial charge in [0, 0.05) is 12.8 Å². The maximum atomic E-state index is 12.9. The van der Waals surface area contributed by atoms with Crippen LogP contribution in [0.15, 0.2) is 97.2 Å². The first kappa shape index (κ1) is 64.6. The van der Waals surface area contributed by atoms with Crippen LogP contribution in [0.4, 0.5) is 0 Å². The number of aliphatic hydroxyl groups excluding tert-OH is 3. The van der Waals surface area contributed by atoms with Crippen molar-refractivity contribution in [3.8, 4) is 0 Å². The summed E-state index contributed by atoms with van der Waals surface area (Å²) in [6.45, 7) is 3.57. The maximum absolute atomic E-state index is 12.9. The number of carbonyl (C=O) groups is 2. The lowest BCUT2D eigenvalue weighted by Crippen LogP contribution is -2.60. The lowest BCUT2D eigenvalue weighted by Gasteiger charge is -2.40. The van der Waals surface area contributed by atoms with Gasteiger partial charge in [-0.25, -0.2) is 0 Å². The van der Waals surface area contributed by atoms with E-state index in [2.05, 4.69) is 92.8 Å². The van der Waals surface area contributed by atoms with Crippen LogP contribution in [0.5, 0.6) is 0 Å². The van der Waals surface area contributed by atoms with Crippen LogP contribution in [0, 0.1) is 0 Å². The quantitative estimate of drug-likeness (QED) is 0.0196. The minimum atomic E-state index is -4.63. The summed E-state index contributed by atoms with van der Waals surface area (Å²) in [4.78, 5) is 25.5. The number of esters is 2. The molecule has 0 saturated carbocycles. The first-order valence-corrected chi connectivity index (χ1v) is 28.4. The predicted molar refractivity (Wildman–Crippen MR) is 284 cm³/mol. The molecule has 70 heavy (non-hydrogen) atoms. The van der Waals surface area contributed by atoms with E-state index in [1.165, 1.54) is 89.9 Å². The highest BCUT2D eigenvalue weighted by Gasteiger charge is 2.46. The molecule has 400 valence electrons. The van der Waals surface area contributed by atoms with Gasteiger partial charge in [0.2, 0.25) is 0 Å². The molecule has 12 nitrogen and oxygen atoms in total. The summed E-state index contributed by atoms with van der Waals surface area (Å²) in [5, 5.41) is 31.0. The van der Waals surface area contributed by atoms with Gasteiger partial charge in [0.25, 0.3) is 10.1 Å². The van der Waals surface area contributed by atoms with Gasteiger partial charge in [-0.3, -0.25) is 14.1 Å². The third-order valence-corrected chi connectivity index (χ3v) is 12.4. The molecule has 0 aromatic heterocycles. The summed E-state index contributed by atoms with van der Waals surface area (Å²) in [5.41, 5.74) is 0. The number of aliphatic hydroxyl groups is 3. The van der Waals surface area contributed by atoms with E-state index in [-0.39, 0.29) is 19.4 Å². The number of unbranched alkanes of at least 4 members (excludes halogenated alkanes) is 16. The summed E-state index contributed by atoms with van der Waals surface area (Å²) in [5.74, 6) is -2.15. The Bertz CT molecular complexity index is 1650. The Labute approximate surface area is 423 Å². The van der Waals surface area contributed by atoms with Gasteiger partial charge >= 0.3 is 11.9 Å². The molecular formula is C57H94O12S. The van der Waals surface area contributed by atoms with E-state index < -0.39 is 71.2 Å². The Kier molecular flexibility index (Phi) is 41.9. The Morgan fingerprint density at radius 3 is 1.44 bits per heavy atom. The number of hydrogen-bond donors (Lipinski definition) is 4. The van der Waals surface area contributed by atoms with Crippen molar-refractivity contribution in [3.63, 3.8) is 0 Å². The summed E-state index contributed by atoms with van der Waals surface area (Å²) >= 11 is 0. The summed E-state index contributed by atoms with van der Waals surface area (Å²) in [6.07, 6.45) is 53.3. The summed E-state index contributed by atoms with van der Waals surface area (Å²) in [7, 11) is -4.63. The van der Waals surface area contributed by atoms with Gasteiger partial charge < -0.3 is 34.3 Å². The second-order valence-corrected chi connectivity index (χ2v) is 19.6. The fraction of sp³-hybridized carbons (Fsp3) is 0.684. The zero-order valence-corrected chi connectivity index (χ0v) is 43.9. The zero-order valence-electron chi connectivity index (χ0n) is 43.1. The minimum Gasteiger partial charge on any atom is -0.462 e. The number of ether oxygens (including phenoxy) is 4. The SMILES string of the molecule is CC/C=C/C/C=C/C/C=C/C/C=C/C/C=C/C/C=C/CCC(=O)OC[C@H](CO[C@H]1O[C@H](CS(=O)(=O)O)[C@@H](O)C(O)C1O)OC(=O)CCC/C=C/CC/C=C/CCCCCCCCCCCCCCCC. The second kappa shape index (κ2) is 45.4. The van der Waals surface area contributed by atoms with Crippen molar-refractivity contribution in [1.29, 1.82) is 0 Å². The monoisotopic (exact) mass is 1000 g/mol. The number of hydrogen-bond acceptors (Lipinski definition) is 11. The Balaban J connectivity index is 2.43. The Hall–Kier alpha value is -3.43. The van der Waals surface area contributed by atoms with E-state index in [4.69, 9.17) is 18.9 Å². The molecule has 1 rings (SSSR count). The predicted octanol–water partition coefficient (Wildman–Crippen LogP) is 12.6. The van der Waals surface area contributed by atoms with Crippen LogP contribution in [-0.2, 0) is 38.7 Å². The Morgan fingerprint density at radius 2 is 0.943 bits per heavy atom. The molecule has 0 bridgehead atoms. The highest BCUT2D eigenvalue weighted by Crippen LogP contribution is 2.24. The molecule has 2 unspecified atom stereocenters. The van der Waals surface area contributed by atoms with Crippen molar-refractivity contribution in [2.75, 3.05) is 19.0 Å². The van der Waals surface area contributed by atoms with Crippen LogP contribution in [0.1, 0.15) is 194 Å². The fourth-order valence-corrected chi connectivity index (χ4v) is 8.24. The van der Waals surface area contributed by atoms with Gasteiger partial charge in [0.1, 0.15) is 36.8 Å². The summed E-state index contributed by atoms with van der Waals surface area (Å²) < 4.78 is 54.1. The van der Waals surface area contributed by atoms with Gasteiger partial charge in [0.05, 0.1) is 6.61 Å². The number of allylic oxidation sites excluding steroid dienone is 16. The highest BCUT2D eigenvalue weighted by atomic mass is 32.2. The molecule has 6 atom stereocenters. The van der Waals surface area contributed by atoms with Gasteiger partial charge in [-0.1, -0.05) is 195 Å². The second-order valence-electron chi connectivity index (χ2n) is 18.1. The van der Waals surface area contributed by atoms with Crippen molar-refractivity contribution in [2.45, 2.75) is 230 Å². The minimum absolute atomic E-state index is 0.0805. The van der Waals surface area contributed by atoms with Crippen LogP contribution in [-0.4, -0.2) is 96.0 Å². The third kappa shape index (κ3) is 39.2. The van der Waals surface area contributed by atoms with Crippen molar-refractivity contribution < 1.29 is 56.8 Å². The van der Waals surface area contributed by atoms with E-state index in [0.717, 1.165) is 57.8 Å². The van der Waals surface area contributed by atoms with Gasteiger partial charge in [-0.2, -0.15) is 8.42 Å². The van der Waals surface area contributed by atoms with E-state index in [1.54, 1.807) is 0 Å². The van der Waals surface area contributed by atoms with Crippen molar-refractivity contribution in [2.24, 2.45) is 0 Å². The van der Waals surface area contributed by atoms with Crippen LogP contribution < -0.4 is 0 Å².